The first kappa shape index (κ1) is 11.3. The molecule has 0 unspecified atom stereocenters. The summed E-state index contributed by atoms with van der Waals surface area (Å²) in [4.78, 5) is 2.58. The minimum Gasteiger partial charge on any atom is -0.360 e. The summed E-state index contributed by atoms with van der Waals surface area (Å²) < 4.78 is 5.63. The Kier molecular flexibility index (Phi) is 2.54. The molecule has 1 fully saturated rings. The number of fused-ring (bicyclic) bond motifs is 2. The maximum atomic E-state index is 5.63. The normalized spacial score (nSPS) is 23.5. The van der Waals surface area contributed by atoms with Crippen LogP contribution in [0.3, 0.4) is 0 Å². The minimum absolute atomic E-state index is 0.321. The van der Waals surface area contributed by atoms with Gasteiger partial charge >= 0.3 is 0 Å². The summed E-state index contributed by atoms with van der Waals surface area (Å²) >= 11 is 0. The van der Waals surface area contributed by atoms with Crippen LogP contribution in [0.15, 0.2) is 4.52 Å². The first-order valence-corrected chi connectivity index (χ1v) is 6.82. The first-order valence-electron chi connectivity index (χ1n) is 6.82. The number of hydrogen-bond donors (Lipinski definition) is 0. The molecule has 0 radical (unpaired) electrons. The fourth-order valence-electron chi connectivity index (χ4n) is 3.52. The third-order valence-electron chi connectivity index (χ3n) is 4.81. The Balaban J connectivity index is 1.82. The van der Waals surface area contributed by atoms with E-state index in [1.54, 1.807) is 0 Å². The van der Waals surface area contributed by atoms with Gasteiger partial charge in [-0.05, 0) is 59.5 Å². The molecule has 0 saturated carbocycles. The highest BCUT2D eigenvalue weighted by Crippen LogP contribution is 2.47. The average Bonchev–Trinajstić information content (AvgIpc) is 2.84. The van der Waals surface area contributed by atoms with Crippen LogP contribution in [-0.4, -0.2) is 29.2 Å². The van der Waals surface area contributed by atoms with Crippen molar-refractivity contribution < 1.29 is 4.52 Å². The molecule has 2 aliphatic rings. The molecular formula is C14H22N2O. The maximum absolute atomic E-state index is 5.63. The lowest BCUT2D eigenvalue weighted by Gasteiger charge is -2.40. The topological polar surface area (TPSA) is 29.3 Å². The van der Waals surface area contributed by atoms with Crippen LogP contribution in [0.5, 0.6) is 0 Å². The molecular weight excluding hydrogens is 212 g/mol. The number of aryl methyl sites for hydroxylation is 1. The van der Waals surface area contributed by atoms with Crippen molar-refractivity contribution >= 4 is 0 Å². The van der Waals surface area contributed by atoms with E-state index in [1.165, 1.54) is 50.1 Å². The molecule has 3 rings (SSSR count). The monoisotopic (exact) mass is 234 g/mol. The summed E-state index contributed by atoms with van der Waals surface area (Å²) in [7, 11) is 0. The van der Waals surface area contributed by atoms with Gasteiger partial charge < -0.3 is 9.42 Å². The van der Waals surface area contributed by atoms with Crippen LogP contribution >= 0.6 is 0 Å². The van der Waals surface area contributed by atoms with Crippen molar-refractivity contribution in [2.24, 2.45) is 0 Å². The first-order chi connectivity index (χ1) is 8.12. The second-order valence-corrected chi connectivity index (χ2v) is 5.99. The fourth-order valence-corrected chi connectivity index (χ4v) is 3.52. The van der Waals surface area contributed by atoms with E-state index in [0.29, 0.717) is 11.5 Å². The molecule has 0 atom stereocenters. The van der Waals surface area contributed by atoms with Crippen LogP contribution in [0.4, 0.5) is 0 Å². The van der Waals surface area contributed by atoms with Crippen LogP contribution in [0.25, 0.3) is 0 Å². The summed E-state index contributed by atoms with van der Waals surface area (Å²) in [6.07, 6.45) is 4.93. The zero-order valence-electron chi connectivity index (χ0n) is 11.1. The lowest BCUT2D eigenvalue weighted by molar-refractivity contribution is 0.112. The number of hydrogen-bond acceptors (Lipinski definition) is 3. The fraction of sp³-hybridized carbons (Fsp3) is 0.786. The summed E-state index contributed by atoms with van der Waals surface area (Å²) in [6.45, 7) is 9.06. The predicted molar refractivity (Wildman–Crippen MR) is 67.2 cm³/mol. The van der Waals surface area contributed by atoms with E-state index in [2.05, 4.69) is 30.8 Å². The standard InChI is InChI=1S/C14H22N2O/c1-10(2)16-8-6-14(7-9-16)5-4-12-11(3)15-17-13(12)14/h10H,4-9H2,1-3H3. The maximum Gasteiger partial charge on any atom is 0.146 e. The molecule has 1 spiro atoms. The van der Waals surface area contributed by atoms with Crippen molar-refractivity contribution in [3.63, 3.8) is 0 Å². The van der Waals surface area contributed by atoms with Crippen LogP contribution < -0.4 is 0 Å². The van der Waals surface area contributed by atoms with Crippen molar-refractivity contribution in [3.05, 3.63) is 17.0 Å². The van der Waals surface area contributed by atoms with Crippen LogP contribution in [-0.2, 0) is 11.8 Å². The van der Waals surface area contributed by atoms with Gasteiger partial charge in [0.1, 0.15) is 5.76 Å². The summed E-state index contributed by atoms with van der Waals surface area (Å²) in [5.41, 5.74) is 2.84. The molecule has 17 heavy (non-hydrogen) atoms. The average molecular weight is 234 g/mol. The Morgan fingerprint density at radius 3 is 2.59 bits per heavy atom. The molecule has 2 heterocycles. The number of rotatable bonds is 1. The zero-order chi connectivity index (χ0) is 12.0. The third-order valence-corrected chi connectivity index (χ3v) is 4.81. The Hall–Kier alpha value is -0.830. The number of aromatic nitrogens is 1. The van der Waals surface area contributed by atoms with E-state index in [-0.39, 0.29) is 0 Å². The Morgan fingerprint density at radius 2 is 1.94 bits per heavy atom. The second-order valence-electron chi connectivity index (χ2n) is 5.99. The smallest absolute Gasteiger partial charge is 0.146 e. The summed E-state index contributed by atoms with van der Waals surface area (Å²) in [5.74, 6) is 1.22. The van der Waals surface area contributed by atoms with Crippen molar-refractivity contribution in [1.82, 2.24) is 10.1 Å². The molecule has 1 aromatic heterocycles. The van der Waals surface area contributed by atoms with Crippen LogP contribution in [0.1, 0.15) is 50.1 Å². The molecule has 1 aliphatic heterocycles. The van der Waals surface area contributed by atoms with Gasteiger partial charge in [-0.25, -0.2) is 0 Å². The van der Waals surface area contributed by atoms with Gasteiger partial charge in [0.25, 0.3) is 0 Å². The van der Waals surface area contributed by atoms with Crippen molar-refractivity contribution in [3.8, 4) is 0 Å². The van der Waals surface area contributed by atoms with Gasteiger partial charge in [0.05, 0.1) is 5.69 Å². The van der Waals surface area contributed by atoms with Crippen molar-refractivity contribution in [2.75, 3.05) is 13.1 Å². The van der Waals surface area contributed by atoms with E-state index >= 15 is 0 Å². The van der Waals surface area contributed by atoms with Crippen molar-refractivity contribution in [1.29, 1.82) is 0 Å². The Bertz CT molecular complexity index is 414. The Labute approximate surface area is 103 Å². The van der Waals surface area contributed by atoms with Crippen molar-refractivity contribution in [2.45, 2.75) is 57.9 Å². The molecule has 0 N–H and O–H groups in total. The SMILES string of the molecule is Cc1noc2c1CCC21CCN(C(C)C)CC1. The summed E-state index contributed by atoms with van der Waals surface area (Å²) in [5, 5.41) is 4.15. The summed E-state index contributed by atoms with van der Waals surface area (Å²) in [6, 6.07) is 0.671. The van der Waals surface area contributed by atoms with E-state index in [0.717, 1.165) is 5.69 Å². The van der Waals surface area contributed by atoms with Gasteiger partial charge in [-0.15, -0.1) is 0 Å². The van der Waals surface area contributed by atoms with E-state index in [9.17, 15) is 0 Å². The quantitative estimate of drug-likeness (QED) is 0.748. The number of likely N-dealkylation sites (tertiary alicyclic amines) is 1. The van der Waals surface area contributed by atoms with E-state index in [4.69, 9.17) is 4.52 Å². The predicted octanol–water partition coefficient (Wildman–Crippen LogP) is 2.67. The van der Waals surface area contributed by atoms with Gasteiger partial charge in [0, 0.05) is 17.0 Å². The molecule has 0 bridgehead atoms. The number of piperidine rings is 1. The molecule has 0 aromatic carbocycles. The molecule has 1 aliphatic carbocycles. The molecule has 1 saturated heterocycles. The highest BCUT2D eigenvalue weighted by molar-refractivity contribution is 5.35. The molecule has 3 heteroatoms. The van der Waals surface area contributed by atoms with E-state index < -0.39 is 0 Å². The largest absolute Gasteiger partial charge is 0.360 e. The van der Waals surface area contributed by atoms with Gasteiger partial charge in [0.15, 0.2) is 0 Å². The van der Waals surface area contributed by atoms with Gasteiger partial charge in [-0.1, -0.05) is 5.16 Å². The molecule has 1 aromatic rings. The van der Waals surface area contributed by atoms with Gasteiger partial charge in [-0.2, -0.15) is 0 Å². The third kappa shape index (κ3) is 1.63. The highest BCUT2D eigenvalue weighted by atomic mass is 16.5. The lowest BCUT2D eigenvalue weighted by atomic mass is 9.76. The lowest BCUT2D eigenvalue weighted by Crippen LogP contribution is -2.44. The minimum atomic E-state index is 0.321. The number of nitrogens with zero attached hydrogens (tertiary/aromatic N) is 2. The van der Waals surface area contributed by atoms with Crippen LogP contribution in [0.2, 0.25) is 0 Å². The molecule has 94 valence electrons. The zero-order valence-corrected chi connectivity index (χ0v) is 11.1. The Morgan fingerprint density at radius 1 is 1.24 bits per heavy atom. The molecule has 3 nitrogen and oxygen atoms in total. The highest BCUT2D eigenvalue weighted by Gasteiger charge is 2.45. The van der Waals surface area contributed by atoms with E-state index in [1.807, 2.05) is 0 Å². The molecule has 0 amide bonds. The van der Waals surface area contributed by atoms with Crippen LogP contribution in [0, 0.1) is 6.92 Å². The second kappa shape index (κ2) is 3.84. The van der Waals surface area contributed by atoms with Gasteiger partial charge in [-0.3, -0.25) is 0 Å². The van der Waals surface area contributed by atoms with Gasteiger partial charge in [0.2, 0.25) is 0 Å².